The number of para-hydroxylation sites is 2. The standard InChI is InChI=1S/C15H20N2O4.C8H7NO2/c1-10-6-5-7-11-12(10)21-17-13(11)19-9-8-16-14(18)20-15(2,3)4;1-5-3-2-4-6-7(5)11-9-8(6)10/h5-7H,8-9H2,1-4H3,(H,16,18);2-4H,1H3,(H,9,10). The molecule has 2 aromatic heterocycles. The number of carbonyl (C=O) groups excluding carboxylic acids is 1. The fourth-order valence-electron chi connectivity index (χ4n) is 2.92. The predicted molar refractivity (Wildman–Crippen MR) is 120 cm³/mol. The topological polar surface area (TPSA) is 120 Å². The molecule has 1 amide bonds. The number of carbonyl (C=O) groups is 1. The van der Waals surface area contributed by atoms with Crippen molar-refractivity contribution in [2.75, 3.05) is 13.2 Å². The normalized spacial score (nSPS) is 11.2. The number of benzene rings is 2. The van der Waals surface area contributed by atoms with Gasteiger partial charge in [0.05, 0.1) is 17.3 Å². The number of nitrogens with zero attached hydrogens (tertiary/aromatic N) is 1. The van der Waals surface area contributed by atoms with Gasteiger partial charge in [-0.15, -0.1) is 0 Å². The maximum absolute atomic E-state index is 11.5. The number of H-pyrrole nitrogens is 1. The Kier molecular flexibility index (Phi) is 6.87. The van der Waals surface area contributed by atoms with E-state index in [9.17, 15) is 9.59 Å². The quantitative estimate of drug-likeness (QED) is 0.448. The van der Waals surface area contributed by atoms with E-state index < -0.39 is 11.7 Å². The fraction of sp³-hybridized carbons (Fsp3) is 0.348. The van der Waals surface area contributed by atoms with Crippen LogP contribution in [0.3, 0.4) is 0 Å². The fourth-order valence-corrected chi connectivity index (χ4v) is 2.92. The van der Waals surface area contributed by atoms with Crippen LogP contribution in [0.2, 0.25) is 0 Å². The van der Waals surface area contributed by atoms with E-state index in [4.69, 9.17) is 18.5 Å². The van der Waals surface area contributed by atoms with Crippen molar-refractivity contribution in [3.05, 3.63) is 57.9 Å². The number of ether oxygens (including phenoxy) is 2. The van der Waals surface area contributed by atoms with Gasteiger partial charge in [0.25, 0.3) is 11.4 Å². The third-order valence-corrected chi connectivity index (χ3v) is 4.37. The number of aryl methyl sites for hydroxylation is 2. The molecule has 0 saturated carbocycles. The zero-order valence-corrected chi connectivity index (χ0v) is 18.8. The lowest BCUT2D eigenvalue weighted by Gasteiger charge is -2.19. The van der Waals surface area contributed by atoms with E-state index in [1.807, 2.05) is 65.0 Å². The molecule has 0 spiro atoms. The molecule has 2 N–H and O–H groups in total. The van der Waals surface area contributed by atoms with Gasteiger partial charge < -0.3 is 23.8 Å². The second-order valence-corrected chi connectivity index (χ2v) is 8.20. The molecule has 0 aliphatic rings. The Morgan fingerprint density at radius 3 is 2.38 bits per heavy atom. The van der Waals surface area contributed by atoms with E-state index in [0.717, 1.165) is 16.5 Å². The lowest BCUT2D eigenvalue weighted by Crippen LogP contribution is -2.34. The summed E-state index contributed by atoms with van der Waals surface area (Å²) in [5.41, 5.74) is 2.67. The number of rotatable bonds is 4. The lowest BCUT2D eigenvalue weighted by molar-refractivity contribution is 0.0519. The first kappa shape index (κ1) is 22.9. The average Bonchev–Trinajstić information content (AvgIpc) is 3.30. The Bertz CT molecular complexity index is 1260. The Morgan fingerprint density at radius 1 is 1.06 bits per heavy atom. The first-order valence-electron chi connectivity index (χ1n) is 10.2. The Labute approximate surface area is 184 Å². The summed E-state index contributed by atoms with van der Waals surface area (Å²) in [7, 11) is 0. The number of hydrogen-bond donors (Lipinski definition) is 2. The molecule has 4 rings (SSSR count). The second kappa shape index (κ2) is 9.59. The van der Waals surface area contributed by atoms with Crippen LogP contribution in [0.4, 0.5) is 4.79 Å². The van der Waals surface area contributed by atoms with E-state index in [2.05, 4.69) is 15.6 Å². The van der Waals surface area contributed by atoms with Crippen molar-refractivity contribution in [3.63, 3.8) is 0 Å². The number of fused-ring (bicyclic) bond motifs is 2. The third kappa shape index (κ3) is 5.69. The zero-order valence-electron chi connectivity index (χ0n) is 18.8. The van der Waals surface area contributed by atoms with Crippen molar-refractivity contribution >= 4 is 28.0 Å². The molecule has 0 atom stereocenters. The molecule has 0 fully saturated rings. The lowest BCUT2D eigenvalue weighted by atomic mass is 10.2. The Hall–Kier alpha value is -3.75. The molecule has 32 heavy (non-hydrogen) atoms. The molecule has 2 heterocycles. The highest BCUT2D eigenvalue weighted by atomic mass is 16.6. The Morgan fingerprint density at radius 2 is 1.72 bits per heavy atom. The molecule has 0 radical (unpaired) electrons. The summed E-state index contributed by atoms with van der Waals surface area (Å²) in [6, 6.07) is 11.2. The van der Waals surface area contributed by atoms with Crippen molar-refractivity contribution in [1.82, 2.24) is 15.6 Å². The summed E-state index contributed by atoms with van der Waals surface area (Å²) in [4.78, 5) is 22.4. The highest BCUT2D eigenvalue weighted by Crippen LogP contribution is 2.26. The van der Waals surface area contributed by atoms with Gasteiger partial charge in [-0.25, -0.2) is 4.79 Å². The van der Waals surface area contributed by atoms with Crippen molar-refractivity contribution in [2.24, 2.45) is 0 Å². The maximum Gasteiger partial charge on any atom is 0.407 e. The zero-order chi connectivity index (χ0) is 23.3. The minimum Gasteiger partial charge on any atom is -0.473 e. The molecule has 9 heteroatoms. The summed E-state index contributed by atoms with van der Waals surface area (Å²) in [6.45, 7) is 9.90. The molecule has 2 aromatic carbocycles. The van der Waals surface area contributed by atoms with E-state index in [1.165, 1.54) is 0 Å². The monoisotopic (exact) mass is 441 g/mol. The van der Waals surface area contributed by atoms with Crippen molar-refractivity contribution in [3.8, 4) is 5.88 Å². The summed E-state index contributed by atoms with van der Waals surface area (Å²) in [5.74, 6) is 0.430. The Balaban J connectivity index is 0.000000219. The van der Waals surface area contributed by atoms with Crippen molar-refractivity contribution in [1.29, 1.82) is 0 Å². The number of aromatic nitrogens is 2. The SMILES string of the molecule is Cc1cccc2c(=O)[nH]oc12.Cc1cccc2c(OCCNC(=O)OC(C)(C)C)noc12. The minimum absolute atomic E-state index is 0.163. The smallest absolute Gasteiger partial charge is 0.407 e. The van der Waals surface area contributed by atoms with Gasteiger partial charge in [0.1, 0.15) is 12.2 Å². The average molecular weight is 441 g/mol. The highest BCUT2D eigenvalue weighted by Gasteiger charge is 2.16. The minimum atomic E-state index is -0.509. The summed E-state index contributed by atoms with van der Waals surface area (Å²) in [6.07, 6.45) is -0.466. The van der Waals surface area contributed by atoms with Gasteiger partial charge in [-0.1, -0.05) is 24.3 Å². The largest absolute Gasteiger partial charge is 0.473 e. The van der Waals surface area contributed by atoms with Crippen LogP contribution in [-0.2, 0) is 4.74 Å². The van der Waals surface area contributed by atoms with Crippen LogP contribution in [0.15, 0.2) is 50.2 Å². The van der Waals surface area contributed by atoms with Gasteiger partial charge in [0.2, 0.25) is 0 Å². The molecular weight excluding hydrogens is 414 g/mol. The summed E-state index contributed by atoms with van der Waals surface area (Å²) < 4.78 is 20.8. The first-order chi connectivity index (χ1) is 15.2. The first-order valence-corrected chi connectivity index (χ1v) is 10.2. The van der Waals surface area contributed by atoms with Crippen LogP contribution in [0.5, 0.6) is 5.88 Å². The number of aromatic amines is 1. The number of alkyl carbamates (subject to hydrolysis) is 1. The van der Waals surface area contributed by atoms with Crippen molar-refractivity contribution in [2.45, 2.75) is 40.2 Å². The molecule has 0 unspecified atom stereocenters. The van der Waals surface area contributed by atoms with E-state index in [1.54, 1.807) is 6.07 Å². The van der Waals surface area contributed by atoms with Gasteiger partial charge in [-0.3, -0.25) is 4.79 Å². The molecule has 9 nitrogen and oxygen atoms in total. The number of nitrogens with one attached hydrogen (secondary N) is 2. The van der Waals surface area contributed by atoms with Gasteiger partial charge in [0, 0.05) is 0 Å². The molecule has 170 valence electrons. The van der Waals surface area contributed by atoms with Crippen LogP contribution in [-0.4, -0.2) is 35.2 Å². The van der Waals surface area contributed by atoms with E-state index in [-0.39, 0.29) is 12.2 Å². The van der Waals surface area contributed by atoms with Gasteiger partial charge in [0.15, 0.2) is 11.2 Å². The highest BCUT2D eigenvalue weighted by molar-refractivity contribution is 5.84. The van der Waals surface area contributed by atoms with Crippen LogP contribution in [0.25, 0.3) is 21.9 Å². The second-order valence-electron chi connectivity index (χ2n) is 8.20. The number of hydrogen-bond acceptors (Lipinski definition) is 7. The van der Waals surface area contributed by atoms with Crippen LogP contribution < -0.4 is 15.6 Å². The summed E-state index contributed by atoms with van der Waals surface area (Å²) >= 11 is 0. The molecular formula is C23H27N3O6. The third-order valence-electron chi connectivity index (χ3n) is 4.37. The van der Waals surface area contributed by atoms with E-state index >= 15 is 0 Å². The van der Waals surface area contributed by atoms with Crippen LogP contribution in [0, 0.1) is 13.8 Å². The summed E-state index contributed by atoms with van der Waals surface area (Å²) in [5, 5.41) is 10.2. The van der Waals surface area contributed by atoms with Gasteiger partial charge in [-0.2, -0.15) is 5.16 Å². The van der Waals surface area contributed by atoms with Crippen molar-refractivity contribution < 1.29 is 23.3 Å². The molecule has 4 aromatic rings. The molecule has 0 aliphatic heterocycles. The number of amides is 1. The molecule has 0 saturated heterocycles. The predicted octanol–water partition coefficient (Wildman–Crippen LogP) is 4.47. The maximum atomic E-state index is 11.5. The van der Waals surface area contributed by atoms with E-state index in [0.29, 0.717) is 29.0 Å². The van der Waals surface area contributed by atoms with Crippen LogP contribution >= 0.6 is 0 Å². The van der Waals surface area contributed by atoms with Crippen LogP contribution in [0.1, 0.15) is 31.9 Å². The van der Waals surface area contributed by atoms with Gasteiger partial charge >= 0.3 is 6.09 Å². The molecule has 0 bridgehead atoms. The molecule has 0 aliphatic carbocycles. The van der Waals surface area contributed by atoms with Gasteiger partial charge in [-0.05, 0) is 63.0 Å².